The summed E-state index contributed by atoms with van der Waals surface area (Å²) in [6.07, 6.45) is 1.69. The Labute approximate surface area is 124 Å². The number of carbonyl (C=O) groups excluding carboxylic acids is 2. The van der Waals surface area contributed by atoms with Crippen molar-refractivity contribution in [2.75, 3.05) is 26.8 Å². The van der Waals surface area contributed by atoms with Gasteiger partial charge in [-0.2, -0.15) is 0 Å². The zero-order valence-corrected chi connectivity index (χ0v) is 12.7. The lowest BCUT2D eigenvalue weighted by Gasteiger charge is -2.17. The molecule has 0 N–H and O–H groups in total. The van der Waals surface area contributed by atoms with Gasteiger partial charge in [-0.3, -0.25) is 9.69 Å². The van der Waals surface area contributed by atoms with Gasteiger partial charge in [0.05, 0.1) is 26.8 Å². The maximum atomic E-state index is 11.5. The van der Waals surface area contributed by atoms with E-state index in [4.69, 9.17) is 9.15 Å². The first kappa shape index (κ1) is 17.0. The van der Waals surface area contributed by atoms with E-state index >= 15 is 0 Å². The number of carbonyl (C=O) groups is 2. The Bertz CT molecular complexity index is 506. The van der Waals surface area contributed by atoms with Crippen LogP contribution in [0.25, 0.3) is 0 Å². The van der Waals surface area contributed by atoms with Crippen LogP contribution in [0.5, 0.6) is 0 Å². The highest BCUT2D eigenvalue weighted by Crippen LogP contribution is 2.17. The van der Waals surface area contributed by atoms with Crippen molar-refractivity contribution in [3.8, 4) is 0 Å². The molecule has 0 amide bonds. The van der Waals surface area contributed by atoms with Crippen LogP contribution in [-0.4, -0.2) is 43.6 Å². The fraction of sp³-hybridized carbons (Fsp3) is 0.467. The minimum absolute atomic E-state index is 0.132. The van der Waals surface area contributed by atoms with Crippen molar-refractivity contribution >= 4 is 11.9 Å². The van der Waals surface area contributed by atoms with Gasteiger partial charge in [0, 0.05) is 6.54 Å². The maximum Gasteiger partial charge on any atom is 0.341 e. The summed E-state index contributed by atoms with van der Waals surface area (Å²) in [5.74, 6) is 0.324. The van der Waals surface area contributed by atoms with Crippen LogP contribution < -0.4 is 0 Å². The summed E-state index contributed by atoms with van der Waals surface area (Å²) in [5, 5.41) is 0. The predicted octanol–water partition coefficient (Wildman–Crippen LogP) is 1.93. The molecule has 0 aromatic carbocycles. The summed E-state index contributed by atoms with van der Waals surface area (Å²) in [4.78, 5) is 24.9. The highest BCUT2D eigenvalue weighted by atomic mass is 16.5. The Morgan fingerprint density at radius 3 is 2.76 bits per heavy atom. The van der Waals surface area contributed by atoms with Crippen LogP contribution in [0.1, 0.15) is 28.8 Å². The van der Waals surface area contributed by atoms with E-state index in [0.717, 1.165) is 0 Å². The Balaban J connectivity index is 2.77. The van der Waals surface area contributed by atoms with E-state index in [9.17, 15) is 9.59 Å². The lowest BCUT2D eigenvalue weighted by atomic mass is 10.2. The van der Waals surface area contributed by atoms with Gasteiger partial charge in [0.25, 0.3) is 0 Å². The highest BCUT2D eigenvalue weighted by Gasteiger charge is 2.18. The third kappa shape index (κ3) is 5.07. The zero-order chi connectivity index (χ0) is 15.8. The molecule has 0 bridgehead atoms. The monoisotopic (exact) mass is 295 g/mol. The summed E-state index contributed by atoms with van der Waals surface area (Å²) in [6.45, 7) is 8.47. The molecule has 6 nitrogen and oxygen atoms in total. The van der Waals surface area contributed by atoms with Crippen molar-refractivity contribution in [1.82, 2.24) is 4.90 Å². The second-order valence-electron chi connectivity index (χ2n) is 4.44. The number of furan rings is 1. The molecule has 0 radical (unpaired) electrons. The fourth-order valence-corrected chi connectivity index (χ4v) is 1.91. The van der Waals surface area contributed by atoms with E-state index < -0.39 is 5.97 Å². The molecular weight excluding hydrogens is 274 g/mol. The molecule has 1 rings (SSSR count). The lowest BCUT2D eigenvalue weighted by molar-refractivity contribution is -0.144. The Kier molecular flexibility index (Phi) is 6.68. The first-order chi connectivity index (χ1) is 10.0. The zero-order valence-electron chi connectivity index (χ0n) is 12.7. The molecule has 0 atom stereocenters. The largest absolute Gasteiger partial charge is 0.465 e. The molecule has 0 unspecified atom stereocenters. The first-order valence-electron chi connectivity index (χ1n) is 6.68. The Hall–Kier alpha value is -2.08. The Morgan fingerprint density at radius 1 is 1.48 bits per heavy atom. The van der Waals surface area contributed by atoms with E-state index in [1.807, 2.05) is 4.90 Å². The number of rotatable bonds is 8. The van der Waals surface area contributed by atoms with E-state index in [1.54, 1.807) is 26.0 Å². The molecule has 116 valence electrons. The van der Waals surface area contributed by atoms with E-state index in [1.165, 1.54) is 7.11 Å². The van der Waals surface area contributed by atoms with Gasteiger partial charge in [-0.25, -0.2) is 4.79 Å². The normalized spacial score (nSPS) is 10.5. The van der Waals surface area contributed by atoms with E-state index in [0.29, 0.717) is 36.8 Å². The molecule has 0 aliphatic rings. The van der Waals surface area contributed by atoms with Crippen molar-refractivity contribution in [2.45, 2.75) is 20.4 Å². The second-order valence-corrected chi connectivity index (χ2v) is 4.44. The number of aryl methyl sites for hydroxylation is 1. The van der Waals surface area contributed by atoms with Gasteiger partial charge in [-0.05, 0) is 19.9 Å². The molecule has 0 saturated carbocycles. The van der Waals surface area contributed by atoms with Gasteiger partial charge in [0.15, 0.2) is 0 Å². The summed E-state index contributed by atoms with van der Waals surface area (Å²) in [6, 6.07) is 1.63. The Morgan fingerprint density at radius 2 is 2.19 bits per heavy atom. The van der Waals surface area contributed by atoms with Gasteiger partial charge in [-0.15, -0.1) is 6.58 Å². The minimum atomic E-state index is -0.442. The molecule has 21 heavy (non-hydrogen) atoms. The molecule has 1 aromatic heterocycles. The number of hydrogen-bond donors (Lipinski definition) is 0. The molecule has 0 fully saturated rings. The second kappa shape index (κ2) is 8.26. The summed E-state index contributed by atoms with van der Waals surface area (Å²) >= 11 is 0. The SMILES string of the molecule is C=CCN(CC(=O)OCC)Cc1cc(C(=O)OC)c(C)o1. The number of ether oxygens (including phenoxy) is 2. The van der Waals surface area contributed by atoms with Gasteiger partial charge in [0.2, 0.25) is 0 Å². The van der Waals surface area contributed by atoms with Crippen molar-refractivity contribution in [1.29, 1.82) is 0 Å². The van der Waals surface area contributed by atoms with Crippen molar-refractivity contribution in [3.63, 3.8) is 0 Å². The third-order valence-electron chi connectivity index (χ3n) is 2.80. The number of esters is 2. The molecule has 1 aromatic rings. The first-order valence-corrected chi connectivity index (χ1v) is 6.68. The minimum Gasteiger partial charge on any atom is -0.465 e. The van der Waals surface area contributed by atoms with Crippen LogP contribution in [0.15, 0.2) is 23.1 Å². The average molecular weight is 295 g/mol. The standard InChI is InChI=1S/C15H21NO5/c1-5-7-16(10-14(17)20-6-2)9-12-8-13(11(3)21-12)15(18)19-4/h5,8H,1,6-7,9-10H2,2-4H3. The van der Waals surface area contributed by atoms with Gasteiger partial charge in [0.1, 0.15) is 17.1 Å². The van der Waals surface area contributed by atoms with Crippen LogP contribution >= 0.6 is 0 Å². The average Bonchev–Trinajstić information content (AvgIpc) is 2.79. The number of methoxy groups -OCH3 is 1. The van der Waals surface area contributed by atoms with Gasteiger partial charge < -0.3 is 13.9 Å². The van der Waals surface area contributed by atoms with E-state index in [-0.39, 0.29) is 12.5 Å². The van der Waals surface area contributed by atoms with E-state index in [2.05, 4.69) is 11.3 Å². The van der Waals surface area contributed by atoms with Crippen LogP contribution in [0.4, 0.5) is 0 Å². The quantitative estimate of drug-likeness (QED) is 0.539. The van der Waals surface area contributed by atoms with Crippen molar-refractivity contribution in [3.05, 3.63) is 35.8 Å². The number of nitrogens with zero attached hydrogens (tertiary/aromatic N) is 1. The predicted molar refractivity (Wildman–Crippen MR) is 76.9 cm³/mol. The topological polar surface area (TPSA) is 69.0 Å². The van der Waals surface area contributed by atoms with Crippen molar-refractivity contribution in [2.24, 2.45) is 0 Å². The molecule has 1 heterocycles. The lowest BCUT2D eigenvalue weighted by Crippen LogP contribution is -2.30. The summed E-state index contributed by atoms with van der Waals surface area (Å²) in [5.41, 5.74) is 0.391. The third-order valence-corrected chi connectivity index (χ3v) is 2.80. The van der Waals surface area contributed by atoms with Crippen LogP contribution in [0.3, 0.4) is 0 Å². The fourth-order valence-electron chi connectivity index (χ4n) is 1.91. The van der Waals surface area contributed by atoms with Crippen LogP contribution in [-0.2, 0) is 20.8 Å². The van der Waals surface area contributed by atoms with Gasteiger partial charge >= 0.3 is 11.9 Å². The van der Waals surface area contributed by atoms with Crippen LogP contribution in [0.2, 0.25) is 0 Å². The smallest absolute Gasteiger partial charge is 0.341 e. The highest BCUT2D eigenvalue weighted by molar-refractivity contribution is 5.90. The van der Waals surface area contributed by atoms with Gasteiger partial charge in [-0.1, -0.05) is 6.08 Å². The van der Waals surface area contributed by atoms with Crippen molar-refractivity contribution < 1.29 is 23.5 Å². The number of hydrogen-bond acceptors (Lipinski definition) is 6. The summed E-state index contributed by atoms with van der Waals surface area (Å²) < 4.78 is 15.1. The molecule has 0 spiro atoms. The molecule has 0 aliphatic carbocycles. The molecule has 0 aliphatic heterocycles. The molecular formula is C15H21NO5. The summed E-state index contributed by atoms with van der Waals surface area (Å²) in [7, 11) is 1.32. The maximum absolute atomic E-state index is 11.5. The molecule has 6 heteroatoms. The molecule has 0 saturated heterocycles. The van der Waals surface area contributed by atoms with Crippen LogP contribution in [0, 0.1) is 6.92 Å².